The smallest absolute Gasteiger partial charge is 0.272 e. The van der Waals surface area contributed by atoms with Crippen LogP contribution in [0.4, 0.5) is 0 Å². The highest BCUT2D eigenvalue weighted by Gasteiger charge is 2.27. The summed E-state index contributed by atoms with van der Waals surface area (Å²) in [6, 6.07) is 1.87. The van der Waals surface area contributed by atoms with Crippen LogP contribution in [0.3, 0.4) is 0 Å². The van der Waals surface area contributed by atoms with Gasteiger partial charge >= 0.3 is 0 Å². The maximum Gasteiger partial charge on any atom is 0.272 e. The Morgan fingerprint density at radius 1 is 1.28 bits per heavy atom. The second-order valence-corrected chi connectivity index (χ2v) is 7.33. The summed E-state index contributed by atoms with van der Waals surface area (Å²) < 4.78 is 1.88. The molecule has 0 spiro atoms. The molecule has 1 aliphatic heterocycles. The third kappa shape index (κ3) is 4.81. The van der Waals surface area contributed by atoms with E-state index < -0.39 is 0 Å². The van der Waals surface area contributed by atoms with Crippen LogP contribution in [0.25, 0.3) is 0 Å². The van der Waals surface area contributed by atoms with E-state index in [0.29, 0.717) is 17.7 Å². The van der Waals surface area contributed by atoms with E-state index in [4.69, 9.17) is 5.73 Å². The Labute approximate surface area is 148 Å². The van der Waals surface area contributed by atoms with E-state index in [1.165, 1.54) is 6.42 Å². The van der Waals surface area contributed by atoms with Crippen molar-refractivity contribution in [2.45, 2.75) is 63.5 Å². The van der Waals surface area contributed by atoms with Crippen LogP contribution in [0.15, 0.2) is 12.3 Å². The summed E-state index contributed by atoms with van der Waals surface area (Å²) in [5, 5.41) is 10.8. The molecule has 1 saturated carbocycles. The third-order valence-electron chi connectivity index (χ3n) is 5.44. The predicted octanol–water partition coefficient (Wildman–Crippen LogP) is 1.36. The first-order valence-corrected chi connectivity index (χ1v) is 9.48. The van der Waals surface area contributed by atoms with Gasteiger partial charge in [0.15, 0.2) is 0 Å². The summed E-state index contributed by atoms with van der Waals surface area (Å²) in [7, 11) is 0. The molecule has 7 nitrogen and oxygen atoms in total. The number of nitrogens with zero attached hydrogens (tertiary/aromatic N) is 2. The molecule has 138 valence electrons. The molecule has 2 amide bonds. The Morgan fingerprint density at radius 3 is 2.76 bits per heavy atom. The van der Waals surface area contributed by atoms with Gasteiger partial charge in [0.1, 0.15) is 5.69 Å². The molecular weight excluding hydrogens is 318 g/mol. The molecule has 25 heavy (non-hydrogen) atoms. The van der Waals surface area contributed by atoms with E-state index >= 15 is 0 Å². The standard InChI is InChI=1S/C18H29N5O2/c19-17(24)11-16(13-5-2-1-3-6-13)21-18(25)15-8-10-23(22-15)14-7-4-9-20-12-14/h8,10,13-14,16,20H,1-7,9,11-12H2,(H2,19,24)(H,21,25). The van der Waals surface area contributed by atoms with Crippen molar-refractivity contribution in [2.24, 2.45) is 11.7 Å². The average Bonchev–Trinajstić information content (AvgIpc) is 3.12. The van der Waals surface area contributed by atoms with Crippen LogP contribution in [-0.2, 0) is 4.79 Å². The maximum absolute atomic E-state index is 12.6. The number of aromatic nitrogens is 2. The van der Waals surface area contributed by atoms with Gasteiger partial charge in [0.05, 0.1) is 6.04 Å². The van der Waals surface area contributed by atoms with Gasteiger partial charge in [-0.3, -0.25) is 14.3 Å². The first-order chi connectivity index (χ1) is 12.1. The lowest BCUT2D eigenvalue weighted by atomic mass is 9.82. The SMILES string of the molecule is NC(=O)CC(NC(=O)c1ccn(C2CCCNC2)n1)C1CCCCC1. The number of primary amides is 1. The molecule has 1 saturated heterocycles. The van der Waals surface area contributed by atoms with Crippen molar-refractivity contribution in [3.8, 4) is 0 Å². The van der Waals surface area contributed by atoms with Gasteiger partial charge in [-0.25, -0.2) is 0 Å². The molecule has 7 heteroatoms. The van der Waals surface area contributed by atoms with Gasteiger partial charge in [-0.1, -0.05) is 19.3 Å². The van der Waals surface area contributed by atoms with E-state index in [1.807, 2.05) is 10.9 Å². The number of amides is 2. The van der Waals surface area contributed by atoms with Crippen LogP contribution in [0.1, 0.15) is 67.9 Å². The molecule has 2 heterocycles. The average molecular weight is 347 g/mol. The van der Waals surface area contributed by atoms with Gasteiger partial charge in [-0.15, -0.1) is 0 Å². The van der Waals surface area contributed by atoms with E-state index in [2.05, 4.69) is 15.7 Å². The normalized spacial score (nSPS) is 23.1. The van der Waals surface area contributed by atoms with Crippen LogP contribution < -0.4 is 16.4 Å². The number of nitrogens with one attached hydrogen (secondary N) is 2. The van der Waals surface area contributed by atoms with Gasteiger partial charge in [-0.2, -0.15) is 5.10 Å². The fourth-order valence-electron chi connectivity index (χ4n) is 4.05. The predicted molar refractivity (Wildman–Crippen MR) is 95.0 cm³/mol. The molecule has 0 aromatic carbocycles. The number of piperidine rings is 1. The van der Waals surface area contributed by atoms with Gasteiger partial charge in [0.2, 0.25) is 5.91 Å². The zero-order valence-electron chi connectivity index (χ0n) is 14.7. The van der Waals surface area contributed by atoms with Crippen LogP contribution in [0, 0.1) is 5.92 Å². The highest BCUT2D eigenvalue weighted by Crippen LogP contribution is 2.28. The summed E-state index contributed by atoms with van der Waals surface area (Å²) in [4.78, 5) is 24.0. The minimum absolute atomic E-state index is 0.188. The lowest BCUT2D eigenvalue weighted by molar-refractivity contribution is -0.118. The van der Waals surface area contributed by atoms with Crippen LogP contribution in [-0.4, -0.2) is 40.7 Å². The van der Waals surface area contributed by atoms with Crippen molar-refractivity contribution in [1.29, 1.82) is 0 Å². The summed E-state index contributed by atoms with van der Waals surface area (Å²) in [5.74, 6) is -0.246. The van der Waals surface area contributed by atoms with Crippen molar-refractivity contribution < 1.29 is 9.59 Å². The second kappa shape index (κ2) is 8.47. The number of carbonyl (C=O) groups is 2. The molecule has 2 atom stereocenters. The Balaban J connectivity index is 1.63. The molecule has 2 fully saturated rings. The third-order valence-corrected chi connectivity index (χ3v) is 5.44. The maximum atomic E-state index is 12.6. The molecule has 1 aromatic rings. The van der Waals surface area contributed by atoms with Crippen molar-refractivity contribution in [1.82, 2.24) is 20.4 Å². The Kier molecular flexibility index (Phi) is 6.07. The molecule has 4 N–H and O–H groups in total. The number of carbonyl (C=O) groups excluding carboxylic acids is 2. The molecular formula is C18H29N5O2. The van der Waals surface area contributed by atoms with E-state index in [0.717, 1.165) is 51.6 Å². The molecule has 2 aliphatic rings. The fourth-order valence-corrected chi connectivity index (χ4v) is 4.05. The molecule has 0 radical (unpaired) electrons. The zero-order chi connectivity index (χ0) is 17.6. The summed E-state index contributed by atoms with van der Waals surface area (Å²) in [6.45, 7) is 1.93. The van der Waals surface area contributed by atoms with Gasteiger partial charge in [-0.05, 0) is 44.2 Å². The number of nitrogens with two attached hydrogens (primary N) is 1. The summed E-state index contributed by atoms with van der Waals surface area (Å²) >= 11 is 0. The summed E-state index contributed by atoms with van der Waals surface area (Å²) in [6.07, 6.45) is 9.88. The minimum Gasteiger partial charge on any atom is -0.370 e. The molecule has 0 bridgehead atoms. The van der Waals surface area contributed by atoms with Crippen molar-refractivity contribution >= 4 is 11.8 Å². The topological polar surface area (TPSA) is 102 Å². The highest BCUT2D eigenvalue weighted by molar-refractivity contribution is 5.92. The summed E-state index contributed by atoms with van der Waals surface area (Å²) in [5.41, 5.74) is 5.81. The Morgan fingerprint density at radius 2 is 2.08 bits per heavy atom. The number of rotatable bonds is 6. The zero-order valence-corrected chi connectivity index (χ0v) is 14.7. The fraction of sp³-hybridized carbons (Fsp3) is 0.722. The molecule has 1 aromatic heterocycles. The van der Waals surface area contributed by atoms with Gasteiger partial charge in [0.25, 0.3) is 5.91 Å². The highest BCUT2D eigenvalue weighted by atomic mass is 16.2. The number of hydrogen-bond donors (Lipinski definition) is 3. The molecule has 3 rings (SSSR count). The van der Waals surface area contributed by atoms with Crippen LogP contribution in [0.5, 0.6) is 0 Å². The largest absolute Gasteiger partial charge is 0.370 e. The van der Waals surface area contributed by atoms with Crippen molar-refractivity contribution in [3.05, 3.63) is 18.0 Å². The van der Waals surface area contributed by atoms with E-state index in [9.17, 15) is 9.59 Å². The Hall–Kier alpha value is -1.89. The van der Waals surface area contributed by atoms with Gasteiger partial charge in [0, 0.05) is 25.2 Å². The Bertz CT molecular complexity index is 588. The quantitative estimate of drug-likeness (QED) is 0.723. The van der Waals surface area contributed by atoms with Gasteiger partial charge < -0.3 is 16.4 Å². The lowest BCUT2D eigenvalue weighted by Gasteiger charge is -2.30. The van der Waals surface area contributed by atoms with Crippen molar-refractivity contribution in [2.75, 3.05) is 13.1 Å². The number of hydrogen-bond acceptors (Lipinski definition) is 4. The molecule has 1 aliphatic carbocycles. The minimum atomic E-state index is -0.366. The first kappa shape index (κ1) is 17.9. The monoisotopic (exact) mass is 347 g/mol. The second-order valence-electron chi connectivity index (χ2n) is 7.33. The molecule has 2 unspecified atom stereocenters. The van der Waals surface area contributed by atoms with Crippen LogP contribution in [0.2, 0.25) is 0 Å². The van der Waals surface area contributed by atoms with E-state index in [-0.39, 0.29) is 24.3 Å². The van der Waals surface area contributed by atoms with Crippen molar-refractivity contribution in [3.63, 3.8) is 0 Å². The van der Waals surface area contributed by atoms with E-state index in [1.54, 1.807) is 6.07 Å². The first-order valence-electron chi connectivity index (χ1n) is 9.48. The lowest BCUT2D eigenvalue weighted by Crippen LogP contribution is -2.43. The van der Waals surface area contributed by atoms with Crippen LogP contribution >= 0.6 is 0 Å².